The van der Waals surface area contributed by atoms with E-state index >= 15 is 0 Å². The molecule has 0 saturated carbocycles. The van der Waals surface area contributed by atoms with Crippen LogP contribution in [0.4, 0.5) is 5.95 Å². The third-order valence-electron chi connectivity index (χ3n) is 0.423. The quantitative estimate of drug-likeness (QED) is 0.251. The predicted octanol–water partition coefficient (Wildman–Crippen LogP) is -3.17. The molecule has 0 aliphatic heterocycles. The number of hydrogen-bond donors (Lipinski definition) is 3. The van der Waals surface area contributed by atoms with E-state index in [9.17, 15) is 5.11 Å². The lowest BCUT2D eigenvalue weighted by atomic mass is 11.1. The minimum Gasteiger partial charge on any atom is -0.528 e. The lowest BCUT2D eigenvalue weighted by molar-refractivity contribution is -0.379. The van der Waals surface area contributed by atoms with Crippen LogP contribution >= 0.6 is 0 Å². The van der Waals surface area contributed by atoms with Crippen LogP contribution in [-0.4, -0.2) is 10.1 Å². The molecule has 1 aromatic heterocycles. The molecule has 0 atom stereocenters. The highest BCUT2D eigenvalue weighted by Gasteiger charge is 1.82. The Bertz CT molecular complexity index is 145. The Hall–Kier alpha value is -1.34. The van der Waals surface area contributed by atoms with Gasteiger partial charge in [0.25, 0.3) is 0 Å². The normalized spacial score (nSPS) is 7.78. The highest BCUT2D eigenvalue weighted by molar-refractivity contribution is 5.10. The first-order valence-electron chi connectivity index (χ1n) is 1.96. The molecular formula is C2H7N5O2. The van der Waals surface area contributed by atoms with Gasteiger partial charge in [0.15, 0.2) is 6.08 Å². The molecular weight excluding hydrogens is 126 g/mol. The highest BCUT2D eigenvalue weighted by Crippen LogP contribution is 1.97. The van der Waals surface area contributed by atoms with E-state index < -0.39 is 6.08 Å². The Morgan fingerprint density at radius 2 is 2.11 bits per heavy atom. The van der Waals surface area contributed by atoms with Gasteiger partial charge in [-0.15, -0.1) is 0 Å². The number of anilines is 1. The molecule has 7 nitrogen and oxygen atoms in total. The van der Waals surface area contributed by atoms with E-state index in [1.807, 2.05) is 0 Å². The second kappa shape index (κ2) is 3.64. The molecule has 0 amide bonds. The summed E-state index contributed by atoms with van der Waals surface area (Å²) in [5.74, 6) is 6.88. The lowest BCUT2D eigenvalue weighted by Crippen LogP contribution is -2.59. The van der Waals surface area contributed by atoms with E-state index in [1.54, 1.807) is 0 Å². The Balaban J connectivity index is 0.000000291. The van der Waals surface area contributed by atoms with E-state index in [4.69, 9.17) is 5.73 Å². The Labute approximate surface area is 50.4 Å². The average Bonchev–Trinajstić information content (AvgIpc) is 2.20. The van der Waals surface area contributed by atoms with Gasteiger partial charge in [-0.05, 0) is 0 Å². The smallest absolute Gasteiger partial charge is 0.233 e. The SMILES string of the molecule is N[NH3+].Nc1noc([O-])n1. The summed E-state index contributed by atoms with van der Waals surface area (Å²) in [6.07, 6.45) is -0.752. The summed E-state index contributed by atoms with van der Waals surface area (Å²) in [5, 5.41) is 12.9. The maximum absolute atomic E-state index is 9.87. The summed E-state index contributed by atoms with van der Waals surface area (Å²) < 4.78 is 3.92. The van der Waals surface area contributed by atoms with E-state index in [0.29, 0.717) is 0 Å². The van der Waals surface area contributed by atoms with Gasteiger partial charge in [0.2, 0.25) is 5.95 Å². The van der Waals surface area contributed by atoms with Gasteiger partial charge in [-0.25, -0.2) is 0 Å². The maximum Gasteiger partial charge on any atom is 0.233 e. The molecule has 9 heavy (non-hydrogen) atoms. The fourth-order valence-corrected chi connectivity index (χ4v) is 0.220. The summed E-state index contributed by atoms with van der Waals surface area (Å²) in [6.45, 7) is 0. The summed E-state index contributed by atoms with van der Waals surface area (Å²) >= 11 is 0. The van der Waals surface area contributed by atoms with E-state index in [-0.39, 0.29) is 5.95 Å². The third kappa shape index (κ3) is 2.46. The Morgan fingerprint density at radius 3 is 2.22 bits per heavy atom. The number of rotatable bonds is 0. The molecule has 0 bridgehead atoms. The van der Waals surface area contributed by atoms with Gasteiger partial charge in [-0.2, -0.15) is 16.0 Å². The van der Waals surface area contributed by atoms with Crippen molar-refractivity contribution in [3.63, 3.8) is 0 Å². The minimum absolute atomic E-state index is 0.120. The van der Waals surface area contributed by atoms with Crippen molar-refractivity contribution < 1.29 is 15.5 Å². The van der Waals surface area contributed by atoms with Crippen LogP contribution in [0.2, 0.25) is 0 Å². The Morgan fingerprint density at radius 1 is 1.56 bits per heavy atom. The fourth-order valence-electron chi connectivity index (χ4n) is 0.220. The first-order valence-corrected chi connectivity index (χ1v) is 1.96. The monoisotopic (exact) mass is 133 g/mol. The molecule has 7 N–H and O–H groups in total. The van der Waals surface area contributed by atoms with Gasteiger partial charge < -0.3 is 15.4 Å². The number of hydrogen-bond acceptors (Lipinski definition) is 6. The van der Waals surface area contributed by atoms with Crippen molar-refractivity contribution in [2.24, 2.45) is 5.84 Å². The van der Waals surface area contributed by atoms with Crippen molar-refractivity contribution in [3.8, 4) is 6.08 Å². The van der Waals surface area contributed by atoms with Gasteiger partial charge >= 0.3 is 0 Å². The summed E-state index contributed by atoms with van der Waals surface area (Å²) in [5.41, 5.74) is 4.86. The third-order valence-corrected chi connectivity index (χ3v) is 0.423. The Kier molecular flexibility index (Phi) is 3.09. The molecule has 1 rings (SSSR count). The molecule has 1 aromatic rings. The zero-order chi connectivity index (χ0) is 7.28. The first-order chi connectivity index (χ1) is 4.29. The molecule has 7 heteroatoms. The maximum atomic E-state index is 9.87. The van der Waals surface area contributed by atoms with Crippen LogP contribution in [0.1, 0.15) is 0 Å². The summed E-state index contributed by atoms with van der Waals surface area (Å²) in [4.78, 5) is 3.06. The molecule has 0 saturated heterocycles. The number of nitrogens with two attached hydrogens (primary N) is 2. The van der Waals surface area contributed by atoms with Crippen molar-refractivity contribution in [2.45, 2.75) is 0 Å². The van der Waals surface area contributed by atoms with Gasteiger partial charge in [-0.3, -0.25) is 5.84 Å². The fraction of sp³-hybridized carbons (Fsp3) is 0. The number of nitrogens with zero attached hydrogens (tertiary/aromatic N) is 2. The zero-order valence-corrected chi connectivity index (χ0v) is 4.57. The van der Waals surface area contributed by atoms with Crippen molar-refractivity contribution in [1.82, 2.24) is 10.1 Å². The largest absolute Gasteiger partial charge is 0.528 e. The molecule has 1 heterocycles. The van der Waals surface area contributed by atoms with Crippen LogP contribution in [0.15, 0.2) is 4.52 Å². The van der Waals surface area contributed by atoms with Gasteiger partial charge in [0.05, 0.1) is 0 Å². The van der Waals surface area contributed by atoms with Crippen molar-refractivity contribution in [1.29, 1.82) is 0 Å². The second-order valence-electron chi connectivity index (χ2n) is 0.918. The first kappa shape index (κ1) is 7.66. The van der Waals surface area contributed by atoms with Crippen LogP contribution in [0.25, 0.3) is 0 Å². The van der Waals surface area contributed by atoms with Crippen LogP contribution in [0.5, 0.6) is 6.08 Å². The lowest BCUT2D eigenvalue weighted by Gasteiger charge is -1.79. The molecule has 0 spiro atoms. The van der Waals surface area contributed by atoms with Gasteiger partial charge in [0.1, 0.15) is 0 Å². The number of aromatic nitrogens is 2. The summed E-state index contributed by atoms with van der Waals surface area (Å²) in [7, 11) is 0. The number of nitrogen functional groups attached to an aromatic ring is 1. The van der Waals surface area contributed by atoms with Gasteiger partial charge in [0, 0.05) is 0 Å². The minimum atomic E-state index is -0.752. The van der Waals surface area contributed by atoms with Crippen molar-refractivity contribution in [3.05, 3.63) is 0 Å². The van der Waals surface area contributed by atoms with Crippen LogP contribution in [-0.2, 0) is 0 Å². The van der Waals surface area contributed by atoms with E-state index in [1.165, 1.54) is 0 Å². The molecule has 0 radical (unpaired) electrons. The van der Waals surface area contributed by atoms with Crippen LogP contribution < -0.4 is 22.5 Å². The topological polar surface area (TPSA) is 142 Å². The standard InChI is InChI=1S/C2H3N3O2.H4N2/c3-1-4-2(6)7-5-1;1-2/h(H3,3,4,5,6);1-2H2. The average molecular weight is 133 g/mol. The van der Waals surface area contributed by atoms with Gasteiger partial charge in [-0.1, -0.05) is 0 Å². The summed E-state index contributed by atoms with van der Waals surface area (Å²) in [6, 6.07) is 0. The molecule has 0 aliphatic rings. The van der Waals surface area contributed by atoms with Crippen LogP contribution in [0.3, 0.4) is 0 Å². The highest BCUT2D eigenvalue weighted by atomic mass is 16.6. The van der Waals surface area contributed by atoms with E-state index in [0.717, 1.165) is 0 Å². The zero-order valence-electron chi connectivity index (χ0n) is 4.57. The van der Waals surface area contributed by atoms with Crippen molar-refractivity contribution >= 4 is 5.95 Å². The van der Waals surface area contributed by atoms with Crippen LogP contribution in [0, 0.1) is 0 Å². The molecule has 0 fully saturated rings. The molecule has 52 valence electrons. The molecule has 0 aromatic carbocycles. The van der Waals surface area contributed by atoms with E-state index in [2.05, 4.69) is 26.3 Å². The van der Waals surface area contributed by atoms with Crippen molar-refractivity contribution in [2.75, 3.05) is 5.73 Å². The number of quaternary nitrogens is 1. The molecule has 0 unspecified atom stereocenters. The second-order valence-corrected chi connectivity index (χ2v) is 0.918. The molecule has 0 aliphatic carbocycles. The predicted molar refractivity (Wildman–Crippen MR) is 25.2 cm³/mol.